The van der Waals surface area contributed by atoms with Gasteiger partial charge in [-0.15, -0.1) is 0 Å². The van der Waals surface area contributed by atoms with E-state index < -0.39 is 12.0 Å². The first-order chi connectivity index (χ1) is 24.4. The van der Waals surface area contributed by atoms with Gasteiger partial charge in [0.15, 0.2) is 11.5 Å². The Kier molecular flexibility index (Phi) is 8.29. The fourth-order valence-electron chi connectivity index (χ4n) is 8.69. The van der Waals surface area contributed by atoms with E-state index in [1.54, 1.807) is 30.0 Å². The zero-order valence-electron chi connectivity index (χ0n) is 29.1. The van der Waals surface area contributed by atoms with Crippen molar-refractivity contribution < 1.29 is 24.2 Å². The zero-order chi connectivity index (χ0) is 34.5. The summed E-state index contributed by atoms with van der Waals surface area (Å²) in [4.78, 5) is 33.0. The average Bonchev–Trinajstić information content (AvgIpc) is 3.63. The third-order valence-electron chi connectivity index (χ3n) is 11.0. The number of methoxy groups -OCH3 is 1. The topological polar surface area (TPSA) is 89.2 Å². The number of aromatic nitrogens is 2. The lowest BCUT2D eigenvalue weighted by molar-refractivity contribution is -0.139. The van der Waals surface area contributed by atoms with Crippen molar-refractivity contribution in [1.82, 2.24) is 18.9 Å². The Bertz CT molecular complexity index is 2170. The molecule has 50 heavy (non-hydrogen) atoms. The van der Waals surface area contributed by atoms with Crippen LogP contribution in [0.4, 0.5) is 4.79 Å². The predicted molar refractivity (Wildman–Crippen MR) is 193 cm³/mol. The van der Waals surface area contributed by atoms with Crippen LogP contribution in [0.2, 0.25) is 0 Å². The van der Waals surface area contributed by atoms with E-state index in [9.17, 15) is 9.90 Å². The molecule has 0 spiro atoms. The number of benzene rings is 3. The van der Waals surface area contributed by atoms with Crippen LogP contribution in [0.5, 0.6) is 11.5 Å². The number of amides is 2. The molecule has 0 fully saturated rings. The number of aromatic hydroxyl groups is 1. The molecule has 9 nitrogen and oxygen atoms in total. The van der Waals surface area contributed by atoms with Crippen LogP contribution in [-0.4, -0.2) is 49.8 Å². The van der Waals surface area contributed by atoms with E-state index in [-0.39, 0.29) is 37.5 Å². The monoisotopic (exact) mass is 672 g/mol. The molecule has 0 saturated carbocycles. The number of rotatable bonds is 8. The summed E-state index contributed by atoms with van der Waals surface area (Å²) in [6.45, 7) is 4.36. The third-order valence-corrected chi connectivity index (χ3v) is 11.0. The Hall–Kier alpha value is -5.18. The molecule has 3 aliphatic rings. The normalized spacial score (nSPS) is 17.7. The third kappa shape index (κ3) is 5.13. The maximum atomic E-state index is 15.3. The molecule has 0 saturated heterocycles. The fourth-order valence-corrected chi connectivity index (χ4v) is 8.69. The molecule has 0 bridgehead atoms. The van der Waals surface area contributed by atoms with E-state index in [4.69, 9.17) is 9.47 Å². The Morgan fingerprint density at radius 3 is 2.00 bits per heavy atom. The number of fused-ring (bicyclic) bond motifs is 6. The first kappa shape index (κ1) is 32.0. The van der Waals surface area contributed by atoms with Crippen molar-refractivity contribution in [1.29, 1.82) is 0 Å². The van der Waals surface area contributed by atoms with Gasteiger partial charge >= 0.3 is 12.0 Å². The Morgan fingerprint density at radius 2 is 1.40 bits per heavy atom. The Balaban J connectivity index is 1.33. The van der Waals surface area contributed by atoms with Gasteiger partial charge in [-0.05, 0) is 106 Å². The van der Waals surface area contributed by atoms with Crippen LogP contribution < -0.4 is 4.74 Å². The SMILES string of the molecule is CCOC(=O)C1=C(C)N(Cn2c3c(c4ccccc42)CCCC3)C(=O)N(Cn2c3c(c4ccccc42)CCCC3)C1c1ccc(O)c(OC)c1. The van der Waals surface area contributed by atoms with Gasteiger partial charge < -0.3 is 23.7 Å². The molecule has 5 aromatic rings. The first-order valence-electron chi connectivity index (χ1n) is 17.9. The van der Waals surface area contributed by atoms with Crippen LogP contribution >= 0.6 is 0 Å². The lowest BCUT2D eigenvalue weighted by Gasteiger charge is -2.43. The molecular formula is C41H44N4O5. The van der Waals surface area contributed by atoms with Crippen molar-refractivity contribution in [2.24, 2.45) is 0 Å². The molecule has 8 rings (SSSR count). The number of carbonyl (C=O) groups excluding carboxylic acids is 2. The van der Waals surface area contributed by atoms with Gasteiger partial charge in [-0.2, -0.15) is 0 Å². The van der Waals surface area contributed by atoms with Crippen LogP contribution in [0.3, 0.4) is 0 Å². The highest BCUT2D eigenvalue weighted by molar-refractivity contribution is 5.95. The van der Waals surface area contributed by atoms with Crippen molar-refractivity contribution in [2.75, 3.05) is 13.7 Å². The zero-order valence-corrected chi connectivity index (χ0v) is 29.1. The quantitative estimate of drug-likeness (QED) is 0.169. The van der Waals surface area contributed by atoms with Gasteiger partial charge in [0.1, 0.15) is 13.3 Å². The summed E-state index contributed by atoms with van der Waals surface area (Å²) in [5.74, 6) is -0.213. The molecule has 2 aliphatic carbocycles. The number of allylic oxidation sites excluding steroid dienone is 1. The van der Waals surface area contributed by atoms with E-state index >= 15 is 4.79 Å². The van der Waals surface area contributed by atoms with Gasteiger partial charge in [-0.25, -0.2) is 9.59 Å². The van der Waals surface area contributed by atoms with Crippen molar-refractivity contribution in [2.45, 2.75) is 84.6 Å². The lowest BCUT2D eigenvalue weighted by Crippen LogP contribution is -2.51. The van der Waals surface area contributed by atoms with Gasteiger partial charge in [-0.3, -0.25) is 9.80 Å². The summed E-state index contributed by atoms with van der Waals surface area (Å²) in [7, 11) is 1.50. The number of phenols is 1. The highest BCUT2D eigenvalue weighted by Crippen LogP contribution is 2.43. The second-order valence-electron chi connectivity index (χ2n) is 13.7. The van der Waals surface area contributed by atoms with Crippen LogP contribution in [0.15, 0.2) is 78.0 Å². The largest absolute Gasteiger partial charge is 0.504 e. The smallest absolute Gasteiger partial charge is 0.338 e. The fraction of sp³-hybridized carbons (Fsp3) is 0.366. The summed E-state index contributed by atoms with van der Waals surface area (Å²) in [5.41, 5.74) is 9.00. The molecule has 0 radical (unpaired) electrons. The number of ether oxygens (including phenoxy) is 2. The minimum absolute atomic E-state index is 0.0142. The number of urea groups is 1. The molecule has 2 amide bonds. The molecule has 258 valence electrons. The number of phenolic OH excluding ortho intramolecular Hbond substituents is 1. The maximum absolute atomic E-state index is 15.3. The molecule has 1 atom stereocenters. The van der Waals surface area contributed by atoms with Crippen LogP contribution in [0.1, 0.15) is 73.7 Å². The van der Waals surface area contributed by atoms with Crippen molar-refractivity contribution in [3.05, 3.63) is 106 Å². The molecular weight excluding hydrogens is 628 g/mol. The van der Waals surface area contributed by atoms with E-state index in [1.165, 1.54) is 40.4 Å². The molecule has 1 unspecified atom stereocenters. The molecule has 2 aromatic heterocycles. The molecule has 9 heteroatoms. The first-order valence-corrected chi connectivity index (χ1v) is 17.9. The number of hydrogen-bond donors (Lipinski definition) is 1. The number of hydrogen-bond acceptors (Lipinski definition) is 5. The van der Waals surface area contributed by atoms with Crippen molar-refractivity contribution >= 4 is 33.8 Å². The van der Waals surface area contributed by atoms with Crippen LogP contribution in [0.25, 0.3) is 21.8 Å². The second-order valence-corrected chi connectivity index (χ2v) is 13.7. The minimum Gasteiger partial charge on any atom is -0.504 e. The van der Waals surface area contributed by atoms with E-state index in [2.05, 4.69) is 51.6 Å². The number of nitrogens with zero attached hydrogens (tertiary/aromatic N) is 4. The van der Waals surface area contributed by atoms with E-state index in [0.29, 0.717) is 16.8 Å². The predicted octanol–water partition coefficient (Wildman–Crippen LogP) is 8.00. The Labute approximate surface area is 292 Å². The van der Waals surface area contributed by atoms with Gasteiger partial charge in [0, 0.05) is 27.9 Å². The van der Waals surface area contributed by atoms with Crippen LogP contribution in [0, 0.1) is 0 Å². The second kappa shape index (κ2) is 12.9. The highest BCUT2D eigenvalue weighted by Gasteiger charge is 2.44. The number of esters is 1. The number of para-hydroxylation sites is 2. The molecule has 3 heterocycles. The highest BCUT2D eigenvalue weighted by atomic mass is 16.5. The summed E-state index contributed by atoms with van der Waals surface area (Å²) in [5, 5.41) is 13.0. The molecule has 1 aliphatic heterocycles. The van der Waals surface area contributed by atoms with Gasteiger partial charge in [0.25, 0.3) is 0 Å². The van der Waals surface area contributed by atoms with Crippen LogP contribution in [-0.2, 0) is 48.6 Å². The van der Waals surface area contributed by atoms with E-state index in [1.807, 2.05) is 17.9 Å². The number of carbonyl (C=O) groups is 2. The summed E-state index contributed by atoms with van der Waals surface area (Å²) in [6, 6.07) is 20.9. The molecule has 3 aromatic carbocycles. The Morgan fingerprint density at radius 1 is 0.820 bits per heavy atom. The summed E-state index contributed by atoms with van der Waals surface area (Å²) >= 11 is 0. The lowest BCUT2D eigenvalue weighted by atomic mass is 9.93. The average molecular weight is 673 g/mol. The maximum Gasteiger partial charge on any atom is 0.338 e. The standard InChI is InChI=1S/C41H44N4O5/c1-4-50-40(47)38-26(2)42(24-43-32-17-9-5-13-28(32)29-14-6-10-18-33(29)43)41(48)45(39(38)27-21-22-36(46)37(23-27)49-3)25-44-34-19-11-7-15-30(34)31-16-8-12-20-35(31)44/h5,7,9,11,13,15,17,19,21-23,39,46H,4,6,8,10,12,14,16,18,20,24-25H2,1-3H3. The summed E-state index contributed by atoms with van der Waals surface area (Å²) < 4.78 is 15.8. The van der Waals surface area contributed by atoms with Crippen molar-refractivity contribution in [3.8, 4) is 11.5 Å². The minimum atomic E-state index is -0.789. The summed E-state index contributed by atoms with van der Waals surface area (Å²) in [6.07, 6.45) is 8.36. The van der Waals surface area contributed by atoms with Gasteiger partial charge in [0.2, 0.25) is 0 Å². The van der Waals surface area contributed by atoms with Gasteiger partial charge in [-0.1, -0.05) is 42.5 Å². The van der Waals surface area contributed by atoms with E-state index in [0.717, 1.165) is 62.4 Å². The number of aryl methyl sites for hydroxylation is 2. The van der Waals surface area contributed by atoms with Crippen molar-refractivity contribution in [3.63, 3.8) is 0 Å². The molecule has 1 N–H and O–H groups in total. The van der Waals surface area contributed by atoms with Gasteiger partial charge in [0.05, 0.1) is 36.4 Å².